The van der Waals surface area contributed by atoms with E-state index in [1.165, 1.54) is 42.5 Å². The minimum absolute atomic E-state index is 0. The number of hydrogen-bond donors (Lipinski definition) is 2. The maximum Gasteiger partial charge on any atom is 0.270 e. The van der Waals surface area contributed by atoms with Crippen molar-refractivity contribution in [2.24, 2.45) is 0 Å². The lowest BCUT2D eigenvalue weighted by Gasteiger charge is -2.10. The van der Waals surface area contributed by atoms with Crippen LogP contribution in [0, 0.1) is 24.0 Å². The molecule has 3 rings (SSSR count). The third-order valence-electron chi connectivity index (χ3n) is 4.04. The van der Waals surface area contributed by atoms with Gasteiger partial charge in [-0.05, 0) is 44.2 Å². The number of benzene rings is 2. The summed E-state index contributed by atoms with van der Waals surface area (Å²) in [6, 6.07) is 10.4. The summed E-state index contributed by atoms with van der Waals surface area (Å²) < 4.78 is 27.5. The molecule has 3 aromatic rings. The number of aromatic nitrogens is 2. The Morgan fingerprint density at radius 3 is 2.28 bits per heavy atom. The van der Waals surface area contributed by atoms with Crippen LogP contribution in [0.25, 0.3) is 0 Å². The second kappa shape index (κ2) is 9.90. The standard InChI is InChI=1S/C19H16ClN5O5S.ClH/c1-11-9-18(22-12(2)21-11)24-31(29,30)15-6-3-13(4-7-15)23-19(26)16-8-5-14(25(27)28)10-17(16)20;/h3-10H,1-2H3,(H,23,26)(H,21,22,24);1H. The summed E-state index contributed by atoms with van der Waals surface area (Å²) in [6.45, 7) is 3.38. The maximum absolute atomic E-state index is 12.6. The zero-order valence-electron chi connectivity index (χ0n) is 16.7. The minimum Gasteiger partial charge on any atom is -0.322 e. The summed E-state index contributed by atoms with van der Waals surface area (Å²) in [4.78, 5) is 30.6. The highest BCUT2D eigenvalue weighted by atomic mass is 35.5. The van der Waals surface area contributed by atoms with Gasteiger partial charge in [-0.3, -0.25) is 19.6 Å². The van der Waals surface area contributed by atoms with Gasteiger partial charge in [0.15, 0.2) is 0 Å². The molecule has 0 spiro atoms. The fourth-order valence-electron chi connectivity index (χ4n) is 2.68. The van der Waals surface area contributed by atoms with Crippen LogP contribution in [0.1, 0.15) is 21.9 Å². The molecule has 0 saturated carbocycles. The summed E-state index contributed by atoms with van der Waals surface area (Å²) in [5.74, 6) is -0.0172. The van der Waals surface area contributed by atoms with Crippen molar-refractivity contribution in [2.45, 2.75) is 18.7 Å². The number of non-ortho nitro benzene ring substituents is 1. The van der Waals surface area contributed by atoms with Crippen LogP contribution in [0.3, 0.4) is 0 Å². The van der Waals surface area contributed by atoms with Crippen molar-refractivity contribution in [1.29, 1.82) is 0 Å². The van der Waals surface area contributed by atoms with E-state index >= 15 is 0 Å². The fraction of sp³-hybridized carbons (Fsp3) is 0.105. The molecule has 1 aromatic heterocycles. The molecular weight excluding hydrogens is 481 g/mol. The Balaban J connectivity index is 0.00000363. The summed E-state index contributed by atoms with van der Waals surface area (Å²) in [6.07, 6.45) is 0. The molecule has 0 saturated heterocycles. The second-order valence-corrected chi connectivity index (χ2v) is 8.54. The van der Waals surface area contributed by atoms with Crippen molar-refractivity contribution in [1.82, 2.24) is 9.97 Å². The van der Waals surface area contributed by atoms with Crippen LogP contribution in [0.5, 0.6) is 0 Å². The van der Waals surface area contributed by atoms with Gasteiger partial charge in [-0.25, -0.2) is 18.4 Å². The molecule has 0 fully saturated rings. The van der Waals surface area contributed by atoms with Crippen LogP contribution >= 0.6 is 24.0 Å². The van der Waals surface area contributed by atoms with Crippen LogP contribution in [0.2, 0.25) is 5.02 Å². The zero-order chi connectivity index (χ0) is 22.8. The first-order valence-corrected chi connectivity index (χ1v) is 10.6. The van der Waals surface area contributed by atoms with E-state index in [9.17, 15) is 23.3 Å². The number of rotatable bonds is 6. The van der Waals surface area contributed by atoms with E-state index < -0.39 is 20.9 Å². The molecule has 32 heavy (non-hydrogen) atoms. The quantitative estimate of drug-likeness (QED) is 0.384. The lowest BCUT2D eigenvalue weighted by molar-refractivity contribution is -0.384. The molecule has 0 aliphatic carbocycles. The summed E-state index contributed by atoms with van der Waals surface area (Å²) in [5.41, 5.74) is 0.734. The minimum atomic E-state index is -3.90. The van der Waals surface area contributed by atoms with E-state index in [-0.39, 0.29) is 39.4 Å². The Kier molecular flexibility index (Phi) is 7.73. The van der Waals surface area contributed by atoms with Gasteiger partial charge in [-0.2, -0.15) is 0 Å². The lowest BCUT2D eigenvalue weighted by Crippen LogP contribution is -2.15. The number of nitro groups is 1. The third kappa shape index (κ3) is 5.90. The summed E-state index contributed by atoms with van der Waals surface area (Å²) in [7, 11) is -3.90. The van der Waals surface area contributed by atoms with Crippen LogP contribution < -0.4 is 10.0 Å². The Hall–Kier alpha value is -3.28. The molecule has 0 aliphatic heterocycles. The van der Waals surface area contributed by atoms with Crippen molar-refractivity contribution >= 4 is 57.1 Å². The number of halogens is 2. The maximum atomic E-state index is 12.6. The zero-order valence-corrected chi connectivity index (χ0v) is 19.1. The molecule has 10 nitrogen and oxygen atoms in total. The van der Waals surface area contributed by atoms with Gasteiger partial charge in [0, 0.05) is 29.6 Å². The van der Waals surface area contributed by atoms with Gasteiger partial charge in [0.2, 0.25) is 0 Å². The van der Waals surface area contributed by atoms with Gasteiger partial charge in [0.05, 0.1) is 20.4 Å². The van der Waals surface area contributed by atoms with E-state index in [0.717, 1.165) is 6.07 Å². The van der Waals surface area contributed by atoms with Gasteiger partial charge in [-0.15, -0.1) is 12.4 Å². The van der Waals surface area contributed by atoms with Gasteiger partial charge in [-0.1, -0.05) is 11.6 Å². The Morgan fingerprint density at radius 1 is 1.06 bits per heavy atom. The predicted molar refractivity (Wildman–Crippen MR) is 122 cm³/mol. The highest BCUT2D eigenvalue weighted by Crippen LogP contribution is 2.24. The molecule has 0 aliphatic rings. The normalized spacial score (nSPS) is 10.7. The van der Waals surface area contributed by atoms with Crippen molar-refractivity contribution in [3.05, 3.63) is 80.7 Å². The van der Waals surface area contributed by atoms with Gasteiger partial charge in [0.1, 0.15) is 11.6 Å². The molecule has 0 atom stereocenters. The van der Waals surface area contributed by atoms with Crippen LogP contribution in [-0.4, -0.2) is 29.2 Å². The van der Waals surface area contributed by atoms with E-state index in [1.54, 1.807) is 13.8 Å². The second-order valence-electron chi connectivity index (χ2n) is 6.45. The van der Waals surface area contributed by atoms with Crippen LogP contribution in [0.15, 0.2) is 53.4 Å². The highest BCUT2D eigenvalue weighted by molar-refractivity contribution is 7.92. The number of aryl methyl sites for hydroxylation is 2. The molecule has 0 radical (unpaired) electrons. The molecule has 2 N–H and O–H groups in total. The first-order valence-electron chi connectivity index (χ1n) is 8.75. The number of nitro benzene ring substituents is 1. The average Bonchev–Trinajstić information content (AvgIpc) is 2.67. The average molecular weight is 498 g/mol. The molecular formula is C19H17Cl2N5O5S. The van der Waals surface area contributed by atoms with E-state index in [0.29, 0.717) is 17.2 Å². The Bertz CT molecular complexity index is 1260. The van der Waals surface area contributed by atoms with Crippen molar-refractivity contribution in [2.75, 3.05) is 10.0 Å². The Labute approximate surface area is 194 Å². The van der Waals surface area contributed by atoms with Crippen LogP contribution in [-0.2, 0) is 10.0 Å². The first-order chi connectivity index (χ1) is 14.5. The van der Waals surface area contributed by atoms with E-state index in [1.807, 2.05) is 0 Å². The van der Waals surface area contributed by atoms with Crippen molar-refractivity contribution in [3.8, 4) is 0 Å². The monoisotopic (exact) mass is 497 g/mol. The molecule has 0 unspecified atom stereocenters. The first kappa shape index (κ1) is 25.0. The topological polar surface area (TPSA) is 144 Å². The highest BCUT2D eigenvalue weighted by Gasteiger charge is 2.17. The van der Waals surface area contributed by atoms with Gasteiger partial charge in [0.25, 0.3) is 21.6 Å². The molecule has 2 aromatic carbocycles. The molecule has 168 valence electrons. The largest absolute Gasteiger partial charge is 0.322 e. The van der Waals surface area contributed by atoms with Gasteiger partial charge >= 0.3 is 0 Å². The van der Waals surface area contributed by atoms with Crippen molar-refractivity contribution < 1.29 is 18.1 Å². The number of nitrogens with one attached hydrogen (secondary N) is 2. The molecule has 0 bridgehead atoms. The number of amides is 1. The SMILES string of the molecule is Cc1cc(NS(=O)(=O)c2ccc(NC(=O)c3ccc([N+](=O)[O-])cc3Cl)cc2)nc(C)n1.Cl. The number of sulfonamides is 1. The predicted octanol–water partition coefficient (Wildman–Crippen LogP) is 4.13. The molecule has 13 heteroatoms. The number of hydrogen-bond acceptors (Lipinski definition) is 7. The smallest absolute Gasteiger partial charge is 0.270 e. The van der Waals surface area contributed by atoms with E-state index in [4.69, 9.17) is 11.6 Å². The number of nitrogens with zero attached hydrogens (tertiary/aromatic N) is 3. The number of carbonyl (C=O) groups is 1. The third-order valence-corrected chi connectivity index (χ3v) is 5.72. The number of anilines is 2. The molecule has 1 amide bonds. The summed E-state index contributed by atoms with van der Waals surface area (Å²) >= 11 is 5.96. The lowest BCUT2D eigenvalue weighted by atomic mass is 10.2. The summed E-state index contributed by atoms with van der Waals surface area (Å²) in [5, 5.41) is 13.3. The number of carbonyl (C=O) groups excluding carboxylic acids is 1. The van der Waals surface area contributed by atoms with Gasteiger partial charge < -0.3 is 5.32 Å². The molecule has 1 heterocycles. The van der Waals surface area contributed by atoms with Crippen LogP contribution in [0.4, 0.5) is 17.2 Å². The van der Waals surface area contributed by atoms with Crippen molar-refractivity contribution in [3.63, 3.8) is 0 Å². The van der Waals surface area contributed by atoms with E-state index in [2.05, 4.69) is 20.0 Å². The fourth-order valence-corrected chi connectivity index (χ4v) is 3.94. The Morgan fingerprint density at radius 2 is 1.72 bits per heavy atom.